The molecule has 1 aliphatic carbocycles. The smallest absolute Gasteiger partial charge is 0.0628 e. The minimum Gasteiger partial charge on any atom is -0.317 e. The molecule has 0 radical (unpaired) electrons. The molecule has 1 N–H and O–H groups in total. The van der Waals surface area contributed by atoms with Gasteiger partial charge in [-0.2, -0.15) is 5.10 Å². The molecule has 0 amide bonds. The van der Waals surface area contributed by atoms with Gasteiger partial charge in [0.25, 0.3) is 0 Å². The van der Waals surface area contributed by atoms with Gasteiger partial charge in [-0.05, 0) is 58.1 Å². The van der Waals surface area contributed by atoms with Crippen molar-refractivity contribution >= 4 is 0 Å². The first-order valence-corrected chi connectivity index (χ1v) is 8.29. The van der Waals surface area contributed by atoms with E-state index in [1.54, 1.807) is 0 Å². The molecule has 1 aromatic rings. The summed E-state index contributed by atoms with van der Waals surface area (Å²) in [6.45, 7) is 4.33. The van der Waals surface area contributed by atoms with Gasteiger partial charge < -0.3 is 5.32 Å². The molecule has 0 spiro atoms. The van der Waals surface area contributed by atoms with Gasteiger partial charge in [0.05, 0.1) is 5.69 Å². The lowest BCUT2D eigenvalue weighted by Gasteiger charge is -2.26. The Hall–Kier alpha value is -0.830. The van der Waals surface area contributed by atoms with Gasteiger partial charge in [-0.25, -0.2) is 0 Å². The Bertz CT molecular complexity index is 414. The van der Waals surface area contributed by atoms with Crippen LogP contribution in [0.1, 0.15) is 61.9 Å². The van der Waals surface area contributed by atoms with Crippen LogP contribution in [0, 0.1) is 19.8 Å². The van der Waals surface area contributed by atoms with Crippen LogP contribution >= 0.6 is 0 Å². The Morgan fingerprint density at radius 1 is 1.20 bits per heavy atom. The van der Waals surface area contributed by atoms with E-state index >= 15 is 0 Å². The molecule has 1 heterocycles. The number of hydrogen-bond donors (Lipinski definition) is 1. The van der Waals surface area contributed by atoms with Crippen LogP contribution in [0.2, 0.25) is 0 Å². The second-order valence-electron chi connectivity index (χ2n) is 6.46. The van der Waals surface area contributed by atoms with Crippen LogP contribution < -0.4 is 5.32 Å². The summed E-state index contributed by atoms with van der Waals surface area (Å²) < 4.78 is 2.02. The van der Waals surface area contributed by atoms with Crippen LogP contribution in [-0.2, 0) is 13.5 Å². The van der Waals surface area contributed by atoms with Gasteiger partial charge in [0.15, 0.2) is 0 Å². The molecule has 1 unspecified atom stereocenters. The van der Waals surface area contributed by atoms with Crippen molar-refractivity contribution in [1.82, 2.24) is 15.1 Å². The van der Waals surface area contributed by atoms with Crippen molar-refractivity contribution in [2.45, 2.75) is 71.3 Å². The molecular formula is C17H31N3. The van der Waals surface area contributed by atoms with Gasteiger partial charge in [0, 0.05) is 18.8 Å². The first-order chi connectivity index (χ1) is 9.63. The summed E-state index contributed by atoms with van der Waals surface area (Å²) in [6, 6.07) is 0.673. The first kappa shape index (κ1) is 15.6. The molecule has 1 fully saturated rings. The summed E-state index contributed by atoms with van der Waals surface area (Å²) in [6.07, 6.45) is 11.0. The summed E-state index contributed by atoms with van der Waals surface area (Å²) in [5.41, 5.74) is 4.00. The molecule has 2 rings (SSSR count). The monoisotopic (exact) mass is 277 g/mol. The highest BCUT2D eigenvalue weighted by Crippen LogP contribution is 2.28. The Kier molecular flexibility index (Phi) is 5.64. The standard InChI is InChI=1S/C17H31N3/c1-13-16(14(2)20(4)19-13)11-12-17(18-3)15-9-7-5-6-8-10-15/h15,17-18H,5-12H2,1-4H3. The molecule has 0 aromatic carbocycles. The van der Waals surface area contributed by atoms with E-state index in [-0.39, 0.29) is 0 Å². The Labute approximate surface area is 124 Å². The van der Waals surface area contributed by atoms with Crippen molar-refractivity contribution in [3.63, 3.8) is 0 Å². The average Bonchev–Trinajstić information content (AvgIpc) is 2.67. The predicted octanol–water partition coefficient (Wildman–Crippen LogP) is 3.53. The Balaban J connectivity index is 1.96. The third-order valence-corrected chi connectivity index (χ3v) is 5.20. The lowest BCUT2D eigenvalue weighted by molar-refractivity contribution is 0.319. The van der Waals surface area contributed by atoms with Crippen LogP contribution in [0.5, 0.6) is 0 Å². The van der Waals surface area contributed by atoms with Gasteiger partial charge in [-0.15, -0.1) is 0 Å². The van der Waals surface area contributed by atoms with Gasteiger partial charge in [0.1, 0.15) is 0 Å². The molecule has 20 heavy (non-hydrogen) atoms. The van der Waals surface area contributed by atoms with Gasteiger partial charge in [-0.1, -0.05) is 25.7 Å². The minimum absolute atomic E-state index is 0.673. The number of aryl methyl sites for hydroxylation is 2. The van der Waals surface area contributed by atoms with Crippen molar-refractivity contribution < 1.29 is 0 Å². The van der Waals surface area contributed by atoms with E-state index in [0.717, 1.165) is 12.3 Å². The number of aromatic nitrogens is 2. The fourth-order valence-electron chi connectivity index (χ4n) is 3.81. The molecule has 1 saturated carbocycles. The van der Waals surface area contributed by atoms with Gasteiger partial charge in [-0.3, -0.25) is 4.68 Å². The first-order valence-electron chi connectivity index (χ1n) is 8.29. The zero-order chi connectivity index (χ0) is 14.5. The van der Waals surface area contributed by atoms with Gasteiger partial charge >= 0.3 is 0 Å². The highest BCUT2D eigenvalue weighted by molar-refractivity contribution is 5.24. The molecule has 3 heteroatoms. The van der Waals surface area contributed by atoms with E-state index in [1.165, 1.54) is 61.9 Å². The molecule has 1 aromatic heterocycles. The van der Waals surface area contributed by atoms with E-state index < -0.39 is 0 Å². The SMILES string of the molecule is CNC(CCc1c(C)nn(C)c1C)C1CCCCCC1. The van der Waals surface area contributed by atoms with Crippen molar-refractivity contribution in [2.75, 3.05) is 7.05 Å². The Morgan fingerprint density at radius 3 is 2.35 bits per heavy atom. The summed E-state index contributed by atoms with van der Waals surface area (Å²) in [7, 11) is 4.19. The number of nitrogens with one attached hydrogen (secondary N) is 1. The fraction of sp³-hybridized carbons (Fsp3) is 0.824. The summed E-state index contributed by atoms with van der Waals surface area (Å²) >= 11 is 0. The molecule has 0 bridgehead atoms. The molecule has 0 saturated heterocycles. The maximum absolute atomic E-state index is 4.54. The number of hydrogen-bond acceptors (Lipinski definition) is 2. The third kappa shape index (κ3) is 3.63. The van der Waals surface area contributed by atoms with Crippen LogP contribution in [0.4, 0.5) is 0 Å². The Morgan fingerprint density at radius 2 is 1.85 bits per heavy atom. The van der Waals surface area contributed by atoms with Crippen molar-refractivity contribution in [3.05, 3.63) is 17.0 Å². The van der Waals surface area contributed by atoms with Crippen molar-refractivity contribution in [2.24, 2.45) is 13.0 Å². The van der Waals surface area contributed by atoms with Crippen LogP contribution in [-0.4, -0.2) is 22.9 Å². The molecule has 1 atom stereocenters. The van der Waals surface area contributed by atoms with Crippen LogP contribution in [0.25, 0.3) is 0 Å². The fourth-order valence-corrected chi connectivity index (χ4v) is 3.81. The van der Waals surface area contributed by atoms with E-state index in [2.05, 4.69) is 31.3 Å². The lowest BCUT2D eigenvalue weighted by atomic mass is 9.88. The maximum atomic E-state index is 4.54. The summed E-state index contributed by atoms with van der Waals surface area (Å²) in [4.78, 5) is 0. The molecule has 114 valence electrons. The maximum Gasteiger partial charge on any atom is 0.0628 e. The molecular weight excluding hydrogens is 246 g/mol. The lowest BCUT2D eigenvalue weighted by Crippen LogP contribution is -2.34. The van der Waals surface area contributed by atoms with Crippen molar-refractivity contribution in [3.8, 4) is 0 Å². The van der Waals surface area contributed by atoms with Crippen molar-refractivity contribution in [1.29, 1.82) is 0 Å². The van der Waals surface area contributed by atoms with E-state index in [9.17, 15) is 0 Å². The third-order valence-electron chi connectivity index (χ3n) is 5.20. The molecule has 1 aliphatic rings. The second-order valence-corrected chi connectivity index (χ2v) is 6.46. The van der Waals surface area contributed by atoms with Crippen LogP contribution in [0.3, 0.4) is 0 Å². The van der Waals surface area contributed by atoms with Crippen LogP contribution in [0.15, 0.2) is 0 Å². The number of nitrogens with zero attached hydrogens (tertiary/aromatic N) is 2. The number of rotatable bonds is 5. The van der Waals surface area contributed by atoms with E-state index in [4.69, 9.17) is 0 Å². The van der Waals surface area contributed by atoms with E-state index in [0.29, 0.717) is 6.04 Å². The topological polar surface area (TPSA) is 29.9 Å². The molecule has 3 nitrogen and oxygen atoms in total. The average molecular weight is 277 g/mol. The predicted molar refractivity (Wildman–Crippen MR) is 85.0 cm³/mol. The highest BCUT2D eigenvalue weighted by Gasteiger charge is 2.22. The zero-order valence-electron chi connectivity index (χ0n) is 13.7. The largest absolute Gasteiger partial charge is 0.317 e. The second kappa shape index (κ2) is 7.26. The normalized spacial score (nSPS) is 19.0. The summed E-state index contributed by atoms with van der Waals surface area (Å²) in [5.74, 6) is 0.875. The quantitative estimate of drug-likeness (QED) is 0.834. The summed E-state index contributed by atoms with van der Waals surface area (Å²) in [5, 5.41) is 8.13. The van der Waals surface area contributed by atoms with Gasteiger partial charge in [0.2, 0.25) is 0 Å². The molecule has 0 aliphatic heterocycles. The minimum atomic E-state index is 0.673. The highest BCUT2D eigenvalue weighted by atomic mass is 15.3. The zero-order valence-corrected chi connectivity index (χ0v) is 13.7. The van der Waals surface area contributed by atoms with E-state index in [1.807, 2.05) is 11.7 Å².